The summed E-state index contributed by atoms with van der Waals surface area (Å²) in [6.45, 7) is 4.99. The van der Waals surface area contributed by atoms with Crippen molar-refractivity contribution in [1.82, 2.24) is 5.32 Å². The summed E-state index contributed by atoms with van der Waals surface area (Å²) in [5.74, 6) is 0.513. The number of carbonyl (C=O) groups is 1. The molecule has 0 saturated carbocycles. The van der Waals surface area contributed by atoms with Gasteiger partial charge in [0.15, 0.2) is 0 Å². The van der Waals surface area contributed by atoms with Crippen LogP contribution in [0.3, 0.4) is 0 Å². The Morgan fingerprint density at radius 1 is 1.10 bits per heavy atom. The molecule has 4 nitrogen and oxygen atoms in total. The van der Waals surface area contributed by atoms with Gasteiger partial charge in [-0.1, -0.05) is 56.3 Å². The summed E-state index contributed by atoms with van der Waals surface area (Å²) >= 11 is 1.64. The molecule has 0 radical (unpaired) electrons. The Morgan fingerprint density at radius 2 is 1.90 bits per heavy atom. The Balaban J connectivity index is 1.66. The predicted molar refractivity (Wildman–Crippen MR) is 117 cm³/mol. The third-order valence-electron chi connectivity index (χ3n) is 5.08. The fourth-order valence-electron chi connectivity index (χ4n) is 3.21. The number of thiophene rings is 1. The van der Waals surface area contributed by atoms with Crippen molar-refractivity contribution in [1.29, 1.82) is 0 Å². The lowest BCUT2D eigenvalue weighted by Crippen LogP contribution is -2.36. The number of hydrogen-bond donors (Lipinski definition) is 2. The molecule has 0 fully saturated rings. The molecule has 0 aliphatic heterocycles. The molecule has 1 atom stereocenters. The summed E-state index contributed by atoms with van der Waals surface area (Å²) in [5.41, 5.74) is 1.29. The van der Waals surface area contributed by atoms with Crippen LogP contribution < -0.4 is 10.1 Å². The molecule has 2 N–H and O–H groups in total. The van der Waals surface area contributed by atoms with Gasteiger partial charge in [0.2, 0.25) is 0 Å². The molecule has 0 unspecified atom stereocenters. The summed E-state index contributed by atoms with van der Waals surface area (Å²) in [4.78, 5) is 13.9. The Kier molecular flexibility index (Phi) is 7.07. The molecule has 1 heterocycles. The molecule has 0 saturated heterocycles. The first-order valence-electron chi connectivity index (χ1n) is 9.69. The lowest BCUT2D eigenvalue weighted by atomic mass is 9.75. The van der Waals surface area contributed by atoms with E-state index in [0.29, 0.717) is 24.5 Å². The van der Waals surface area contributed by atoms with Gasteiger partial charge in [0, 0.05) is 29.5 Å². The lowest BCUT2D eigenvalue weighted by Gasteiger charge is -2.33. The maximum absolute atomic E-state index is 12.8. The molecular weight excluding hydrogens is 382 g/mol. The Hall–Kier alpha value is -2.63. The van der Waals surface area contributed by atoms with Gasteiger partial charge >= 0.3 is 0 Å². The number of nitrogens with one attached hydrogen (secondary N) is 1. The van der Waals surface area contributed by atoms with Gasteiger partial charge in [-0.3, -0.25) is 4.79 Å². The van der Waals surface area contributed by atoms with E-state index < -0.39 is 0 Å². The number of carbonyl (C=O) groups excluding carboxylic acids is 1. The zero-order valence-corrected chi connectivity index (χ0v) is 17.6. The smallest absolute Gasteiger partial charge is 0.251 e. The van der Waals surface area contributed by atoms with E-state index in [2.05, 4.69) is 5.32 Å². The van der Waals surface area contributed by atoms with Crippen molar-refractivity contribution < 1.29 is 14.6 Å². The summed E-state index contributed by atoms with van der Waals surface area (Å²) < 4.78 is 5.81. The monoisotopic (exact) mass is 409 g/mol. The van der Waals surface area contributed by atoms with Crippen LogP contribution in [0.15, 0.2) is 72.1 Å². The van der Waals surface area contributed by atoms with E-state index in [4.69, 9.17) is 4.74 Å². The number of benzene rings is 2. The van der Waals surface area contributed by atoms with Crippen molar-refractivity contribution in [3.63, 3.8) is 0 Å². The van der Waals surface area contributed by atoms with Crippen LogP contribution in [0.2, 0.25) is 0 Å². The van der Waals surface area contributed by atoms with Crippen LogP contribution >= 0.6 is 11.3 Å². The number of rotatable bonds is 9. The van der Waals surface area contributed by atoms with Gasteiger partial charge in [0.1, 0.15) is 12.4 Å². The van der Waals surface area contributed by atoms with Gasteiger partial charge in [-0.25, -0.2) is 0 Å². The van der Waals surface area contributed by atoms with Gasteiger partial charge in [0.25, 0.3) is 5.91 Å². The molecule has 3 rings (SSSR count). The van der Waals surface area contributed by atoms with E-state index in [1.165, 1.54) is 0 Å². The average molecular weight is 410 g/mol. The molecule has 1 amide bonds. The van der Waals surface area contributed by atoms with E-state index in [1.807, 2.05) is 73.8 Å². The van der Waals surface area contributed by atoms with E-state index in [1.54, 1.807) is 23.5 Å². The highest BCUT2D eigenvalue weighted by Gasteiger charge is 2.30. The normalized spacial score (nSPS) is 12.4. The minimum absolute atomic E-state index is 0.00379. The van der Waals surface area contributed by atoms with Gasteiger partial charge in [-0.05, 0) is 40.6 Å². The predicted octanol–water partition coefficient (Wildman–Crippen LogP) is 4.86. The van der Waals surface area contributed by atoms with Crippen LogP contribution in [-0.2, 0) is 6.61 Å². The van der Waals surface area contributed by atoms with Crippen LogP contribution in [0.1, 0.15) is 40.6 Å². The molecule has 1 aromatic heterocycles. The van der Waals surface area contributed by atoms with Crippen molar-refractivity contribution >= 4 is 17.2 Å². The summed E-state index contributed by atoms with van der Waals surface area (Å²) in [6, 6.07) is 21.2. The van der Waals surface area contributed by atoms with Crippen molar-refractivity contribution in [2.75, 3.05) is 13.2 Å². The van der Waals surface area contributed by atoms with Gasteiger partial charge in [0.05, 0.1) is 0 Å². The highest BCUT2D eigenvalue weighted by Crippen LogP contribution is 2.34. The second-order valence-corrected chi connectivity index (χ2v) is 8.75. The Bertz CT molecular complexity index is 907. The number of aliphatic hydroxyl groups is 1. The van der Waals surface area contributed by atoms with Crippen molar-refractivity contribution in [3.8, 4) is 5.75 Å². The quantitative estimate of drug-likeness (QED) is 0.531. The molecule has 5 heteroatoms. The van der Waals surface area contributed by atoms with E-state index in [9.17, 15) is 9.90 Å². The first-order valence-corrected chi connectivity index (χ1v) is 10.6. The van der Waals surface area contributed by atoms with E-state index in [-0.39, 0.29) is 23.8 Å². The highest BCUT2D eigenvalue weighted by atomic mass is 32.1. The lowest BCUT2D eigenvalue weighted by molar-refractivity contribution is 0.0919. The van der Waals surface area contributed by atoms with Crippen LogP contribution in [0, 0.1) is 5.41 Å². The minimum atomic E-state index is -0.361. The largest absolute Gasteiger partial charge is 0.488 e. The van der Waals surface area contributed by atoms with E-state index in [0.717, 1.165) is 10.4 Å². The summed E-state index contributed by atoms with van der Waals surface area (Å²) in [5, 5.41) is 14.9. The van der Waals surface area contributed by atoms with Crippen molar-refractivity contribution in [2.45, 2.75) is 26.4 Å². The van der Waals surface area contributed by atoms with Crippen molar-refractivity contribution in [2.24, 2.45) is 5.41 Å². The van der Waals surface area contributed by atoms with Crippen molar-refractivity contribution in [3.05, 3.63) is 88.1 Å². The van der Waals surface area contributed by atoms with E-state index >= 15 is 0 Å². The van der Waals surface area contributed by atoms with Gasteiger partial charge < -0.3 is 15.2 Å². The third kappa shape index (κ3) is 5.68. The number of aliphatic hydroxyl groups excluding tert-OH is 1. The van der Waals surface area contributed by atoms with Crippen LogP contribution in [0.25, 0.3) is 0 Å². The molecule has 152 valence electrons. The Labute approximate surface area is 176 Å². The Morgan fingerprint density at radius 3 is 2.59 bits per heavy atom. The molecule has 0 bridgehead atoms. The third-order valence-corrected chi connectivity index (χ3v) is 5.93. The summed E-state index contributed by atoms with van der Waals surface area (Å²) in [6.07, 6.45) is 0. The molecular formula is C24H27NO3S. The number of hydrogen-bond acceptors (Lipinski definition) is 4. The van der Waals surface area contributed by atoms with Gasteiger partial charge in [-0.2, -0.15) is 0 Å². The maximum Gasteiger partial charge on any atom is 0.251 e. The second kappa shape index (κ2) is 9.72. The SMILES string of the molecule is CC(C)(CO)[C@H](CNC(=O)c1cccc(OCc2cccs2)c1)c1ccccc1. The molecule has 0 spiro atoms. The van der Waals surface area contributed by atoms with Crippen LogP contribution in [-0.4, -0.2) is 24.2 Å². The maximum atomic E-state index is 12.8. The molecule has 0 aliphatic rings. The standard InChI is InChI=1S/C24H27NO3S/c1-24(2,17-26)22(18-8-4-3-5-9-18)15-25-23(27)19-10-6-11-20(14-19)28-16-21-12-7-13-29-21/h3-14,22,26H,15-17H2,1-2H3,(H,25,27)/t22-/m1/s1. The zero-order chi connectivity index (χ0) is 20.7. The topological polar surface area (TPSA) is 58.6 Å². The number of ether oxygens (including phenoxy) is 1. The molecule has 3 aromatic rings. The van der Waals surface area contributed by atoms with Crippen LogP contribution in [0.5, 0.6) is 5.75 Å². The van der Waals surface area contributed by atoms with Gasteiger partial charge in [-0.15, -0.1) is 11.3 Å². The first kappa shape index (κ1) is 21.1. The zero-order valence-electron chi connectivity index (χ0n) is 16.8. The fourth-order valence-corrected chi connectivity index (χ4v) is 3.83. The molecule has 2 aromatic carbocycles. The summed E-state index contributed by atoms with van der Waals surface area (Å²) in [7, 11) is 0. The van der Waals surface area contributed by atoms with Crippen LogP contribution in [0.4, 0.5) is 0 Å². The molecule has 0 aliphatic carbocycles. The second-order valence-electron chi connectivity index (χ2n) is 7.72. The highest BCUT2D eigenvalue weighted by molar-refractivity contribution is 7.09. The minimum Gasteiger partial charge on any atom is -0.488 e. The first-order chi connectivity index (χ1) is 14.0. The molecule has 29 heavy (non-hydrogen) atoms. The fraction of sp³-hybridized carbons (Fsp3) is 0.292. The number of amides is 1. The average Bonchev–Trinajstić information content (AvgIpc) is 3.27.